The van der Waals surface area contributed by atoms with Gasteiger partial charge in [0.15, 0.2) is 0 Å². The fourth-order valence-corrected chi connectivity index (χ4v) is 2.94. The van der Waals surface area contributed by atoms with Crippen molar-refractivity contribution >= 4 is 10.1 Å². The van der Waals surface area contributed by atoms with Gasteiger partial charge in [0.2, 0.25) is 0 Å². The smallest absolute Gasteiger partial charge is 0.264 e. The lowest BCUT2D eigenvalue weighted by Crippen LogP contribution is -2.40. The molecule has 5 nitrogen and oxygen atoms in total. The Labute approximate surface area is 96.2 Å². The summed E-state index contributed by atoms with van der Waals surface area (Å²) in [6, 6.07) is 0. The standard InChI is InChI=1S/C10H18O5S/c1-16(11,12)15-10(8-4-2-6-13-8)9-5-3-7-14-9/h8-10H,2-7H2,1H3. The van der Waals surface area contributed by atoms with Crippen LogP contribution in [-0.2, 0) is 23.8 Å². The molecule has 0 aromatic rings. The molecule has 0 aromatic heterocycles. The van der Waals surface area contributed by atoms with Crippen LogP contribution >= 0.6 is 0 Å². The first-order chi connectivity index (χ1) is 7.56. The fraction of sp³-hybridized carbons (Fsp3) is 1.00. The lowest BCUT2D eigenvalue weighted by molar-refractivity contribution is -0.0593. The van der Waals surface area contributed by atoms with Gasteiger partial charge >= 0.3 is 0 Å². The highest BCUT2D eigenvalue weighted by Gasteiger charge is 2.38. The second kappa shape index (κ2) is 5.00. The summed E-state index contributed by atoms with van der Waals surface area (Å²) in [5.74, 6) is 0. The number of hydrogen-bond donors (Lipinski definition) is 0. The zero-order valence-corrected chi connectivity index (χ0v) is 10.2. The zero-order valence-electron chi connectivity index (χ0n) is 9.42. The molecule has 94 valence electrons. The molecule has 0 aliphatic carbocycles. The van der Waals surface area contributed by atoms with Crippen molar-refractivity contribution in [1.82, 2.24) is 0 Å². The van der Waals surface area contributed by atoms with Crippen molar-refractivity contribution in [2.75, 3.05) is 19.5 Å². The molecular weight excluding hydrogens is 232 g/mol. The van der Waals surface area contributed by atoms with E-state index in [9.17, 15) is 8.42 Å². The highest BCUT2D eigenvalue weighted by atomic mass is 32.2. The van der Waals surface area contributed by atoms with Crippen molar-refractivity contribution < 1.29 is 22.1 Å². The minimum atomic E-state index is -3.46. The predicted octanol–water partition coefficient (Wildman–Crippen LogP) is 0.689. The van der Waals surface area contributed by atoms with E-state index < -0.39 is 16.2 Å². The van der Waals surface area contributed by atoms with Crippen molar-refractivity contribution in [3.8, 4) is 0 Å². The molecule has 2 unspecified atom stereocenters. The molecule has 2 fully saturated rings. The molecule has 0 amide bonds. The second-order valence-electron chi connectivity index (χ2n) is 4.37. The molecule has 0 radical (unpaired) electrons. The van der Waals surface area contributed by atoms with Crippen LogP contribution in [0.2, 0.25) is 0 Å². The van der Waals surface area contributed by atoms with E-state index in [0.717, 1.165) is 31.9 Å². The Kier molecular flexibility index (Phi) is 3.84. The summed E-state index contributed by atoms with van der Waals surface area (Å²) in [6.07, 6.45) is 3.93. The predicted molar refractivity (Wildman–Crippen MR) is 57.7 cm³/mol. The van der Waals surface area contributed by atoms with Crippen LogP contribution in [0, 0.1) is 0 Å². The van der Waals surface area contributed by atoms with Crippen LogP contribution in [-0.4, -0.2) is 46.2 Å². The maximum atomic E-state index is 11.2. The average Bonchev–Trinajstić information content (AvgIpc) is 2.86. The van der Waals surface area contributed by atoms with Crippen molar-refractivity contribution in [2.45, 2.75) is 44.0 Å². The van der Waals surface area contributed by atoms with Gasteiger partial charge in [0.05, 0.1) is 18.5 Å². The summed E-state index contributed by atoms with van der Waals surface area (Å²) in [7, 11) is -3.46. The quantitative estimate of drug-likeness (QED) is 0.687. The highest BCUT2D eigenvalue weighted by molar-refractivity contribution is 7.86. The van der Waals surface area contributed by atoms with E-state index in [0.29, 0.717) is 13.2 Å². The van der Waals surface area contributed by atoms with E-state index in [1.54, 1.807) is 0 Å². The van der Waals surface area contributed by atoms with Gasteiger partial charge in [-0.05, 0) is 25.7 Å². The van der Waals surface area contributed by atoms with Gasteiger partial charge in [0.1, 0.15) is 6.10 Å². The first-order valence-electron chi connectivity index (χ1n) is 5.68. The van der Waals surface area contributed by atoms with E-state index in [2.05, 4.69) is 0 Å². The zero-order chi connectivity index (χ0) is 11.6. The number of hydrogen-bond acceptors (Lipinski definition) is 5. The van der Waals surface area contributed by atoms with Crippen LogP contribution < -0.4 is 0 Å². The topological polar surface area (TPSA) is 61.8 Å². The molecule has 0 bridgehead atoms. The summed E-state index contributed by atoms with van der Waals surface area (Å²) in [5, 5.41) is 0. The molecular formula is C10H18O5S. The Balaban J connectivity index is 2.05. The SMILES string of the molecule is CS(=O)(=O)OC(C1CCCO1)C1CCCO1. The van der Waals surface area contributed by atoms with Gasteiger partial charge in [-0.3, -0.25) is 4.18 Å². The number of ether oxygens (including phenoxy) is 2. The van der Waals surface area contributed by atoms with Crippen LogP contribution in [0.15, 0.2) is 0 Å². The third kappa shape index (κ3) is 3.16. The molecule has 0 spiro atoms. The van der Waals surface area contributed by atoms with Gasteiger partial charge in [-0.2, -0.15) is 8.42 Å². The highest BCUT2D eigenvalue weighted by Crippen LogP contribution is 2.27. The minimum absolute atomic E-state index is 0.141. The van der Waals surface area contributed by atoms with Gasteiger partial charge in [-0.1, -0.05) is 0 Å². The Hall–Kier alpha value is -0.170. The van der Waals surface area contributed by atoms with Crippen molar-refractivity contribution in [3.05, 3.63) is 0 Å². The van der Waals surface area contributed by atoms with Gasteiger partial charge in [0.25, 0.3) is 10.1 Å². The Morgan fingerprint density at radius 2 is 1.62 bits per heavy atom. The monoisotopic (exact) mass is 250 g/mol. The summed E-state index contributed by atoms with van der Waals surface area (Å²) in [5.41, 5.74) is 0. The summed E-state index contributed by atoms with van der Waals surface area (Å²) >= 11 is 0. The molecule has 2 heterocycles. The van der Waals surface area contributed by atoms with E-state index >= 15 is 0 Å². The van der Waals surface area contributed by atoms with Crippen molar-refractivity contribution in [3.63, 3.8) is 0 Å². The maximum absolute atomic E-state index is 11.2. The van der Waals surface area contributed by atoms with Crippen LogP contribution in [0.3, 0.4) is 0 Å². The first kappa shape index (κ1) is 12.3. The van der Waals surface area contributed by atoms with Gasteiger partial charge < -0.3 is 9.47 Å². The van der Waals surface area contributed by atoms with Crippen LogP contribution in [0.25, 0.3) is 0 Å². The van der Waals surface area contributed by atoms with E-state index in [1.165, 1.54) is 0 Å². The fourth-order valence-electron chi connectivity index (χ4n) is 2.29. The first-order valence-corrected chi connectivity index (χ1v) is 7.49. The molecule has 2 aliphatic rings. The molecule has 6 heteroatoms. The largest absolute Gasteiger partial charge is 0.375 e. The molecule has 0 saturated carbocycles. The van der Waals surface area contributed by atoms with Crippen LogP contribution in [0.4, 0.5) is 0 Å². The number of rotatable bonds is 4. The Morgan fingerprint density at radius 3 is 1.94 bits per heavy atom. The normalized spacial score (nSPS) is 33.1. The Bertz CT molecular complexity index is 298. The summed E-state index contributed by atoms with van der Waals surface area (Å²) in [6.45, 7) is 1.36. The average molecular weight is 250 g/mol. The lowest BCUT2D eigenvalue weighted by Gasteiger charge is -2.26. The minimum Gasteiger partial charge on any atom is -0.375 e. The molecule has 2 saturated heterocycles. The van der Waals surface area contributed by atoms with E-state index in [-0.39, 0.29) is 12.2 Å². The summed E-state index contributed by atoms with van der Waals surface area (Å²) < 4.78 is 38.6. The van der Waals surface area contributed by atoms with Gasteiger partial charge in [-0.25, -0.2) is 0 Å². The van der Waals surface area contributed by atoms with Gasteiger partial charge in [-0.15, -0.1) is 0 Å². The third-order valence-corrected chi connectivity index (χ3v) is 3.52. The van der Waals surface area contributed by atoms with Crippen molar-refractivity contribution in [2.24, 2.45) is 0 Å². The summed E-state index contributed by atoms with van der Waals surface area (Å²) in [4.78, 5) is 0. The molecule has 0 N–H and O–H groups in total. The molecule has 2 rings (SSSR count). The second-order valence-corrected chi connectivity index (χ2v) is 5.97. The van der Waals surface area contributed by atoms with Crippen LogP contribution in [0.5, 0.6) is 0 Å². The molecule has 2 aliphatic heterocycles. The van der Waals surface area contributed by atoms with Crippen LogP contribution in [0.1, 0.15) is 25.7 Å². The molecule has 2 atom stereocenters. The molecule has 0 aromatic carbocycles. The molecule has 16 heavy (non-hydrogen) atoms. The lowest BCUT2D eigenvalue weighted by atomic mass is 10.0. The van der Waals surface area contributed by atoms with E-state index in [1.807, 2.05) is 0 Å². The third-order valence-electron chi connectivity index (χ3n) is 2.95. The van der Waals surface area contributed by atoms with Gasteiger partial charge in [0, 0.05) is 13.2 Å². The van der Waals surface area contributed by atoms with Crippen molar-refractivity contribution in [1.29, 1.82) is 0 Å². The maximum Gasteiger partial charge on any atom is 0.264 e. The van der Waals surface area contributed by atoms with E-state index in [4.69, 9.17) is 13.7 Å². The Morgan fingerprint density at radius 1 is 1.12 bits per heavy atom.